The Hall–Kier alpha value is -2.43. The van der Waals surface area contributed by atoms with E-state index in [9.17, 15) is 9.59 Å². The Morgan fingerprint density at radius 3 is 2.30 bits per heavy atom. The van der Waals surface area contributed by atoms with Crippen LogP contribution in [0.2, 0.25) is 0 Å². The summed E-state index contributed by atoms with van der Waals surface area (Å²) in [5, 5.41) is 0. The van der Waals surface area contributed by atoms with Crippen molar-refractivity contribution in [1.82, 2.24) is 14.5 Å². The Labute approximate surface area is 116 Å². The topological polar surface area (TPSA) is 55.2 Å². The number of benzene rings is 1. The molecule has 20 heavy (non-hydrogen) atoms. The fraction of sp³-hybridized carbons (Fsp3) is 0.267. The molecule has 102 valence electrons. The van der Waals surface area contributed by atoms with Crippen molar-refractivity contribution in [3.63, 3.8) is 0 Å². The molecule has 0 bridgehead atoms. The summed E-state index contributed by atoms with van der Waals surface area (Å²) in [5.41, 5.74) is 1.89. The van der Waals surface area contributed by atoms with Gasteiger partial charge in [-0.25, -0.2) is 4.98 Å². The summed E-state index contributed by atoms with van der Waals surface area (Å²) in [4.78, 5) is 29.9. The van der Waals surface area contributed by atoms with E-state index in [-0.39, 0.29) is 11.8 Å². The van der Waals surface area contributed by atoms with Crippen molar-refractivity contribution in [3.8, 4) is 0 Å². The fourth-order valence-corrected chi connectivity index (χ4v) is 2.38. The molecule has 2 amide bonds. The molecule has 2 aromatic rings. The molecule has 5 heteroatoms. The van der Waals surface area contributed by atoms with Crippen molar-refractivity contribution in [2.24, 2.45) is 0 Å². The van der Waals surface area contributed by atoms with Gasteiger partial charge in [0.15, 0.2) is 0 Å². The number of aryl methyl sites for hydroxylation is 1. The van der Waals surface area contributed by atoms with Crippen LogP contribution in [0.5, 0.6) is 0 Å². The molecule has 1 aliphatic heterocycles. The standard InChI is InChI=1S/C15H15N3O2/c1-2-17-9-11(16-10-17)7-8-18-14(19)12-5-3-4-6-13(12)15(18)20/h3-6,9-10H,2,7-8H2,1H3. The molecule has 0 fully saturated rings. The molecule has 0 spiro atoms. The zero-order valence-electron chi connectivity index (χ0n) is 11.2. The van der Waals surface area contributed by atoms with E-state index in [1.807, 2.05) is 17.7 Å². The Bertz CT molecular complexity index is 640. The molecule has 0 atom stereocenters. The molecule has 0 aliphatic carbocycles. The monoisotopic (exact) mass is 269 g/mol. The van der Waals surface area contributed by atoms with Gasteiger partial charge in [-0.15, -0.1) is 0 Å². The number of aromatic nitrogens is 2. The average molecular weight is 269 g/mol. The average Bonchev–Trinajstić information content (AvgIpc) is 3.03. The van der Waals surface area contributed by atoms with Gasteiger partial charge in [0, 0.05) is 25.7 Å². The summed E-state index contributed by atoms with van der Waals surface area (Å²) < 4.78 is 1.97. The number of carbonyl (C=O) groups is 2. The van der Waals surface area contributed by atoms with Crippen molar-refractivity contribution in [1.29, 1.82) is 0 Å². The minimum Gasteiger partial charge on any atom is -0.337 e. The molecule has 2 heterocycles. The van der Waals surface area contributed by atoms with Gasteiger partial charge in [-0.1, -0.05) is 12.1 Å². The molecule has 0 saturated carbocycles. The van der Waals surface area contributed by atoms with Gasteiger partial charge >= 0.3 is 0 Å². The number of fused-ring (bicyclic) bond motifs is 1. The number of rotatable bonds is 4. The molecule has 5 nitrogen and oxygen atoms in total. The molecule has 1 aromatic carbocycles. The third-order valence-corrected chi connectivity index (χ3v) is 3.52. The highest BCUT2D eigenvalue weighted by molar-refractivity contribution is 6.21. The summed E-state index contributed by atoms with van der Waals surface area (Å²) in [6.45, 7) is 3.27. The van der Waals surface area contributed by atoms with Crippen LogP contribution in [-0.2, 0) is 13.0 Å². The van der Waals surface area contributed by atoms with E-state index in [2.05, 4.69) is 4.98 Å². The highest BCUT2D eigenvalue weighted by Crippen LogP contribution is 2.22. The smallest absolute Gasteiger partial charge is 0.261 e. The Kier molecular flexibility index (Phi) is 3.10. The van der Waals surface area contributed by atoms with Gasteiger partial charge in [0.1, 0.15) is 0 Å². The second-order valence-corrected chi connectivity index (χ2v) is 4.75. The van der Waals surface area contributed by atoms with E-state index in [0.717, 1.165) is 12.2 Å². The number of nitrogens with zero attached hydrogens (tertiary/aromatic N) is 3. The lowest BCUT2D eigenvalue weighted by Gasteiger charge is -2.12. The van der Waals surface area contributed by atoms with Gasteiger partial charge in [0.2, 0.25) is 0 Å². The molecule has 0 radical (unpaired) electrons. The Balaban J connectivity index is 1.73. The minimum atomic E-state index is -0.208. The predicted molar refractivity (Wildman–Crippen MR) is 73.4 cm³/mol. The fourth-order valence-electron chi connectivity index (χ4n) is 2.38. The lowest BCUT2D eigenvalue weighted by Crippen LogP contribution is -2.31. The quantitative estimate of drug-likeness (QED) is 0.794. The van der Waals surface area contributed by atoms with Crippen molar-refractivity contribution in [2.45, 2.75) is 19.9 Å². The minimum absolute atomic E-state index is 0.208. The van der Waals surface area contributed by atoms with Crippen molar-refractivity contribution in [2.75, 3.05) is 6.54 Å². The molecule has 0 N–H and O–H groups in total. The first-order chi connectivity index (χ1) is 9.70. The Morgan fingerprint density at radius 2 is 1.75 bits per heavy atom. The maximum atomic E-state index is 12.2. The van der Waals surface area contributed by atoms with Crippen molar-refractivity contribution >= 4 is 11.8 Å². The summed E-state index contributed by atoms with van der Waals surface area (Å²) >= 11 is 0. The zero-order valence-corrected chi connectivity index (χ0v) is 11.2. The maximum Gasteiger partial charge on any atom is 0.261 e. The van der Waals surface area contributed by atoms with E-state index in [0.29, 0.717) is 24.1 Å². The van der Waals surface area contributed by atoms with Gasteiger partial charge in [-0.2, -0.15) is 0 Å². The van der Waals surface area contributed by atoms with Crippen LogP contribution in [0.15, 0.2) is 36.8 Å². The SMILES string of the molecule is CCn1cnc(CCN2C(=O)c3ccccc3C2=O)c1. The van der Waals surface area contributed by atoms with Crippen LogP contribution in [-0.4, -0.2) is 32.8 Å². The first-order valence-corrected chi connectivity index (χ1v) is 6.66. The third-order valence-electron chi connectivity index (χ3n) is 3.52. The second kappa shape index (κ2) is 4.92. The molecule has 0 unspecified atom stereocenters. The van der Waals surface area contributed by atoms with Gasteiger partial charge < -0.3 is 4.57 Å². The predicted octanol–water partition coefficient (Wildman–Crippen LogP) is 1.74. The van der Waals surface area contributed by atoms with Crippen LogP contribution in [0, 0.1) is 0 Å². The molecular weight excluding hydrogens is 254 g/mol. The largest absolute Gasteiger partial charge is 0.337 e. The highest BCUT2D eigenvalue weighted by atomic mass is 16.2. The Morgan fingerprint density at radius 1 is 1.10 bits per heavy atom. The number of amides is 2. The van der Waals surface area contributed by atoms with Gasteiger partial charge in [-0.3, -0.25) is 14.5 Å². The van der Waals surface area contributed by atoms with Gasteiger partial charge in [0.25, 0.3) is 11.8 Å². The van der Waals surface area contributed by atoms with Gasteiger partial charge in [-0.05, 0) is 19.1 Å². The summed E-state index contributed by atoms with van der Waals surface area (Å²) in [5.74, 6) is -0.416. The van der Waals surface area contributed by atoms with Crippen LogP contribution >= 0.6 is 0 Å². The van der Waals surface area contributed by atoms with Crippen molar-refractivity contribution in [3.05, 3.63) is 53.6 Å². The van der Waals surface area contributed by atoms with Crippen LogP contribution in [0.3, 0.4) is 0 Å². The first-order valence-electron chi connectivity index (χ1n) is 6.66. The summed E-state index contributed by atoms with van der Waals surface area (Å²) in [6, 6.07) is 6.94. The van der Waals surface area contributed by atoms with E-state index < -0.39 is 0 Å². The number of hydrogen-bond acceptors (Lipinski definition) is 3. The van der Waals surface area contributed by atoms with E-state index in [1.165, 1.54) is 4.90 Å². The number of imidazole rings is 1. The van der Waals surface area contributed by atoms with E-state index >= 15 is 0 Å². The normalized spacial score (nSPS) is 13.9. The first kappa shape index (κ1) is 12.6. The molecule has 1 aliphatic rings. The van der Waals surface area contributed by atoms with E-state index in [4.69, 9.17) is 0 Å². The number of hydrogen-bond donors (Lipinski definition) is 0. The van der Waals surface area contributed by atoms with Crippen LogP contribution in [0.25, 0.3) is 0 Å². The lowest BCUT2D eigenvalue weighted by atomic mass is 10.1. The summed E-state index contributed by atoms with van der Waals surface area (Å²) in [7, 11) is 0. The zero-order chi connectivity index (χ0) is 14.1. The van der Waals surface area contributed by atoms with Crippen LogP contribution in [0.1, 0.15) is 33.3 Å². The second-order valence-electron chi connectivity index (χ2n) is 4.75. The highest BCUT2D eigenvalue weighted by Gasteiger charge is 2.34. The third kappa shape index (κ3) is 2.01. The molecule has 3 rings (SSSR count). The molecule has 0 saturated heterocycles. The molecular formula is C15H15N3O2. The van der Waals surface area contributed by atoms with Crippen LogP contribution < -0.4 is 0 Å². The molecule has 1 aromatic heterocycles. The lowest BCUT2D eigenvalue weighted by molar-refractivity contribution is 0.0656. The maximum absolute atomic E-state index is 12.2. The summed E-state index contributed by atoms with van der Waals surface area (Å²) in [6.07, 6.45) is 4.29. The van der Waals surface area contributed by atoms with Gasteiger partial charge in [0.05, 0.1) is 23.1 Å². The number of imide groups is 1. The van der Waals surface area contributed by atoms with Crippen LogP contribution in [0.4, 0.5) is 0 Å². The number of carbonyl (C=O) groups excluding carboxylic acids is 2. The van der Waals surface area contributed by atoms with Crippen molar-refractivity contribution < 1.29 is 9.59 Å². The van der Waals surface area contributed by atoms with E-state index in [1.54, 1.807) is 30.6 Å².